The Kier molecular flexibility index (Phi) is 4.68. The number of aromatic nitrogens is 3. The van der Waals surface area contributed by atoms with Gasteiger partial charge >= 0.3 is 12.0 Å². The fourth-order valence-electron chi connectivity index (χ4n) is 2.63. The van der Waals surface area contributed by atoms with E-state index >= 15 is 0 Å². The lowest BCUT2D eigenvalue weighted by atomic mass is 9.86. The van der Waals surface area contributed by atoms with E-state index in [0.29, 0.717) is 31.6 Å². The van der Waals surface area contributed by atoms with Crippen LogP contribution in [0.25, 0.3) is 0 Å². The fourth-order valence-corrected chi connectivity index (χ4v) is 2.63. The number of aliphatic carboxylic acids is 1. The third-order valence-corrected chi connectivity index (χ3v) is 3.82. The highest BCUT2D eigenvalue weighted by atomic mass is 16.4. The Labute approximate surface area is 129 Å². The smallest absolute Gasteiger partial charge is 0.321 e. The van der Waals surface area contributed by atoms with E-state index in [-0.39, 0.29) is 23.5 Å². The van der Waals surface area contributed by atoms with Crippen molar-refractivity contribution >= 4 is 17.9 Å². The molecule has 0 aromatic carbocycles. The summed E-state index contributed by atoms with van der Waals surface area (Å²) in [6.07, 6.45) is 3.95. The zero-order chi connectivity index (χ0) is 16.3. The molecule has 1 heterocycles. The summed E-state index contributed by atoms with van der Waals surface area (Å²) in [7, 11) is 0. The molecule has 0 saturated heterocycles. The first-order chi connectivity index (χ1) is 10.3. The first-order valence-corrected chi connectivity index (χ1v) is 7.48. The van der Waals surface area contributed by atoms with Crippen LogP contribution < -0.4 is 10.6 Å². The van der Waals surface area contributed by atoms with E-state index in [2.05, 4.69) is 20.7 Å². The topological polar surface area (TPSA) is 109 Å². The number of anilines is 1. The molecular formula is C14H23N5O3. The first-order valence-electron chi connectivity index (χ1n) is 7.48. The minimum atomic E-state index is -0.749. The van der Waals surface area contributed by atoms with Crippen LogP contribution >= 0.6 is 0 Å². The van der Waals surface area contributed by atoms with Crippen LogP contribution in [0.3, 0.4) is 0 Å². The fraction of sp³-hybridized carbons (Fsp3) is 0.714. The predicted octanol–water partition coefficient (Wildman–Crippen LogP) is 1.80. The Morgan fingerprint density at radius 2 is 1.91 bits per heavy atom. The molecule has 8 nitrogen and oxygen atoms in total. The average Bonchev–Trinajstić information content (AvgIpc) is 2.87. The molecule has 0 unspecified atom stereocenters. The van der Waals surface area contributed by atoms with Crippen LogP contribution in [-0.4, -0.2) is 37.9 Å². The maximum absolute atomic E-state index is 12.1. The van der Waals surface area contributed by atoms with Gasteiger partial charge in [-0.25, -0.2) is 9.48 Å². The van der Waals surface area contributed by atoms with Crippen molar-refractivity contribution < 1.29 is 14.7 Å². The molecule has 122 valence electrons. The summed E-state index contributed by atoms with van der Waals surface area (Å²) in [5.41, 5.74) is -0.279. The highest BCUT2D eigenvalue weighted by Gasteiger charge is 2.27. The minimum absolute atomic E-state index is 0.00149. The number of hydrogen-bond acceptors (Lipinski definition) is 4. The van der Waals surface area contributed by atoms with E-state index in [1.165, 1.54) is 6.33 Å². The lowest BCUT2D eigenvalue weighted by Gasteiger charge is -2.27. The van der Waals surface area contributed by atoms with Gasteiger partial charge in [-0.1, -0.05) is 0 Å². The van der Waals surface area contributed by atoms with Crippen molar-refractivity contribution in [1.82, 2.24) is 20.1 Å². The van der Waals surface area contributed by atoms with Crippen LogP contribution in [0.15, 0.2) is 6.33 Å². The van der Waals surface area contributed by atoms with Crippen LogP contribution in [0.4, 0.5) is 10.7 Å². The Hall–Kier alpha value is -2.12. The molecule has 0 atom stereocenters. The molecule has 2 amide bonds. The molecule has 1 aliphatic carbocycles. The summed E-state index contributed by atoms with van der Waals surface area (Å²) in [5.74, 6) is -0.643. The molecular weight excluding hydrogens is 286 g/mol. The number of carboxylic acids is 1. The second-order valence-electron chi connectivity index (χ2n) is 6.65. The normalized spacial score (nSPS) is 22.1. The van der Waals surface area contributed by atoms with E-state index < -0.39 is 5.97 Å². The highest BCUT2D eigenvalue weighted by molar-refractivity contribution is 5.87. The van der Waals surface area contributed by atoms with Crippen molar-refractivity contribution in [3.8, 4) is 0 Å². The van der Waals surface area contributed by atoms with E-state index in [0.717, 1.165) is 0 Å². The number of carbonyl (C=O) groups is 2. The van der Waals surface area contributed by atoms with Gasteiger partial charge in [-0.15, -0.1) is 0 Å². The zero-order valence-corrected chi connectivity index (χ0v) is 13.2. The number of nitrogens with one attached hydrogen (secondary N) is 2. The average molecular weight is 309 g/mol. The van der Waals surface area contributed by atoms with Gasteiger partial charge in [0.05, 0.1) is 11.5 Å². The van der Waals surface area contributed by atoms with Gasteiger partial charge in [0.15, 0.2) is 0 Å². The molecule has 0 spiro atoms. The van der Waals surface area contributed by atoms with Gasteiger partial charge in [-0.05, 0) is 46.5 Å². The molecule has 1 fully saturated rings. The summed E-state index contributed by atoms with van der Waals surface area (Å²) in [6.45, 7) is 5.91. The maximum Gasteiger partial charge on any atom is 0.321 e. The van der Waals surface area contributed by atoms with Gasteiger partial charge in [-0.3, -0.25) is 10.1 Å². The Morgan fingerprint density at radius 3 is 2.45 bits per heavy atom. The van der Waals surface area contributed by atoms with Crippen LogP contribution in [-0.2, 0) is 10.3 Å². The van der Waals surface area contributed by atoms with Gasteiger partial charge in [-0.2, -0.15) is 10.1 Å². The number of urea groups is 1. The van der Waals surface area contributed by atoms with Crippen molar-refractivity contribution in [3.05, 3.63) is 6.33 Å². The standard InChI is InChI=1S/C14H23N5O3/c1-14(2,3)19-12(15-8-16-19)18-13(22)17-10-6-4-9(5-7-10)11(20)21/h8-10H,4-7H2,1-3H3,(H,20,21)(H2,15,16,17,18,22). The maximum atomic E-state index is 12.1. The number of amides is 2. The quantitative estimate of drug-likeness (QED) is 0.788. The van der Waals surface area contributed by atoms with E-state index in [4.69, 9.17) is 5.11 Å². The van der Waals surface area contributed by atoms with Crippen molar-refractivity contribution in [2.45, 2.75) is 58.0 Å². The third-order valence-electron chi connectivity index (χ3n) is 3.82. The number of carbonyl (C=O) groups excluding carboxylic acids is 1. The summed E-state index contributed by atoms with van der Waals surface area (Å²) in [4.78, 5) is 27.0. The number of carboxylic acid groups (broad SMARTS) is 1. The largest absolute Gasteiger partial charge is 0.481 e. The Morgan fingerprint density at radius 1 is 1.27 bits per heavy atom. The van der Waals surface area contributed by atoms with Crippen LogP contribution in [0, 0.1) is 5.92 Å². The first kappa shape index (κ1) is 16.3. The van der Waals surface area contributed by atoms with Gasteiger partial charge in [0, 0.05) is 6.04 Å². The molecule has 1 aromatic rings. The van der Waals surface area contributed by atoms with Crippen LogP contribution in [0.1, 0.15) is 46.5 Å². The summed E-state index contributed by atoms with van der Waals surface area (Å²) in [5, 5.41) is 18.7. The van der Waals surface area contributed by atoms with E-state index in [1.807, 2.05) is 20.8 Å². The SMILES string of the molecule is CC(C)(C)n1ncnc1NC(=O)NC1CCC(C(=O)O)CC1. The number of nitrogens with zero attached hydrogens (tertiary/aromatic N) is 3. The zero-order valence-electron chi connectivity index (χ0n) is 13.2. The monoisotopic (exact) mass is 309 g/mol. The second-order valence-corrected chi connectivity index (χ2v) is 6.65. The van der Waals surface area contributed by atoms with Gasteiger partial charge < -0.3 is 10.4 Å². The lowest BCUT2D eigenvalue weighted by Crippen LogP contribution is -2.41. The molecule has 0 bridgehead atoms. The van der Waals surface area contributed by atoms with Crippen molar-refractivity contribution in [1.29, 1.82) is 0 Å². The van der Waals surface area contributed by atoms with Crippen molar-refractivity contribution in [2.75, 3.05) is 5.32 Å². The highest BCUT2D eigenvalue weighted by Crippen LogP contribution is 2.24. The molecule has 2 rings (SSSR count). The molecule has 1 aliphatic rings. The third kappa shape index (κ3) is 3.96. The molecule has 1 aromatic heterocycles. The van der Waals surface area contributed by atoms with Gasteiger partial charge in [0.1, 0.15) is 6.33 Å². The molecule has 0 aliphatic heterocycles. The summed E-state index contributed by atoms with van der Waals surface area (Å²) >= 11 is 0. The molecule has 8 heteroatoms. The molecule has 3 N–H and O–H groups in total. The molecule has 1 saturated carbocycles. The molecule has 0 radical (unpaired) electrons. The van der Waals surface area contributed by atoms with Gasteiger partial charge in [0.2, 0.25) is 5.95 Å². The Bertz CT molecular complexity index is 541. The van der Waals surface area contributed by atoms with E-state index in [1.54, 1.807) is 4.68 Å². The van der Waals surface area contributed by atoms with Crippen LogP contribution in [0.2, 0.25) is 0 Å². The van der Waals surface area contributed by atoms with Crippen molar-refractivity contribution in [3.63, 3.8) is 0 Å². The van der Waals surface area contributed by atoms with Crippen molar-refractivity contribution in [2.24, 2.45) is 5.92 Å². The number of rotatable bonds is 3. The van der Waals surface area contributed by atoms with Crippen LogP contribution in [0.5, 0.6) is 0 Å². The number of hydrogen-bond donors (Lipinski definition) is 3. The lowest BCUT2D eigenvalue weighted by molar-refractivity contribution is -0.142. The summed E-state index contributed by atoms with van der Waals surface area (Å²) < 4.78 is 1.65. The van der Waals surface area contributed by atoms with E-state index in [9.17, 15) is 9.59 Å². The Balaban J connectivity index is 1.87. The predicted molar refractivity (Wildman–Crippen MR) is 80.6 cm³/mol. The minimum Gasteiger partial charge on any atom is -0.481 e. The van der Waals surface area contributed by atoms with Gasteiger partial charge in [0.25, 0.3) is 0 Å². The summed E-state index contributed by atoms with van der Waals surface area (Å²) in [6, 6.07) is -0.334. The molecule has 22 heavy (non-hydrogen) atoms. The second kappa shape index (κ2) is 6.33.